The van der Waals surface area contributed by atoms with E-state index in [1.54, 1.807) is 0 Å². The molecular weight excluding hydrogens is 314 g/mol. The van der Waals surface area contributed by atoms with Gasteiger partial charge in [-0.25, -0.2) is 0 Å². The largest absolute Gasteiger partial charge is 0.391 e. The van der Waals surface area contributed by atoms with Gasteiger partial charge in [0.05, 0.1) is 6.10 Å². The number of aliphatic hydroxyl groups is 1. The average molecular weight is 340 g/mol. The summed E-state index contributed by atoms with van der Waals surface area (Å²) in [6.07, 6.45) is 5.56. The zero-order valence-electron chi connectivity index (χ0n) is 12.6. The molecule has 1 saturated heterocycles. The monoisotopic (exact) mass is 339 g/mol. The molecular formula is C17H26BrNO. The summed E-state index contributed by atoms with van der Waals surface area (Å²) in [7, 11) is 0. The highest BCUT2D eigenvalue weighted by Gasteiger charge is 2.34. The van der Waals surface area contributed by atoms with Crippen LogP contribution in [0.15, 0.2) is 28.7 Å². The van der Waals surface area contributed by atoms with Crippen molar-refractivity contribution in [3.8, 4) is 0 Å². The Morgan fingerprint density at radius 2 is 1.65 bits per heavy atom. The molecule has 1 atom stereocenters. The Morgan fingerprint density at radius 1 is 1.10 bits per heavy atom. The van der Waals surface area contributed by atoms with Crippen LogP contribution in [0.3, 0.4) is 0 Å². The van der Waals surface area contributed by atoms with Gasteiger partial charge in [0.1, 0.15) is 0 Å². The van der Waals surface area contributed by atoms with E-state index in [9.17, 15) is 5.11 Å². The molecule has 0 bridgehead atoms. The average Bonchev–Trinajstić information content (AvgIpc) is 2.70. The van der Waals surface area contributed by atoms with Crippen molar-refractivity contribution < 1.29 is 5.11 Å². The number of hydrogen-bond acceptors (Lipinski definition) is 2. The summed E-state index contributed by atoms with van der Waals surface area (Å²) in [6.45, 7) is 6.60. The van der Waals surface area contributed by atoms with E-state index in [2.05, 4.69) is 46.8 Å². The smallest absolute Gasteiger partial charge is 0.0758 e. The van der Waals surface area contributed by atoms with E-state index in [-0.39, 0.29) is 11.6 Å². The summed E-state index contributed by atoms with van der Waals surface area (Å²) in [6, 6.07) is 8.26. The molecule has 0 aromatic heterocycles. The number of benzene rings is 1. The minimum Gasteiger partial charge on any atom is -0.391 e. The molecule has 0 amide bonds. The zero-order chi connectivity index (χ0) is 14.6. The van der Waals surface area contributed by atoms with E-state index in [1.807, 2.05) is 12.1 Å². The molecule has 112 valence electrons. The van der Waals surface area contributed by atoms with Crippen LogP contribution in [0.4, 0.5) is 0 Å². The standard InChI is InChI=1S/C17H26BrNO/c1-17(2,19-11-5-3-4-6-12-19)16(20)13-14-7-9-15(18)10-8-14/h7-10,16,20H,3-6,11-13H2,1-2H3. The minimum absolute atomic E-state index is 0.155. The van der Waals surface area contributed by atoms with Gasteiger partial charge in [0.2, 0.25) is 0 Å². The van der Waals surface area contributed by atoms with Gasteiger partial charge in [0.25, 0.3) is 0 Å². The fourth-order valence-electron chi connectivity index (χ4n) is 2.95. The predicted molar refractivity (Wildman–Crippen MR) is 88.0 cm³/mol. The number of halogens is 1. The van der Waals surface area contributed by atoms with Crippen LogP contribution < -0.4 is 0 Å². The Labute approximate surface area is 131 Å². The molecule has 0 radical (unpaired) electrons. The van der Waals surface area contributed by atoms with Gasteiger partial charge in [0, 0.05) is 16.4 Å². The molecule has 1 aromatic carbocycles. The normalized spacial score (nSPS) is 19.6. The second-order valence-electron chi connectivity index (χ2n) is 6.40. The van der Waals surface area contributed by atoms with Crippen LogP contribution in [0.2, 0.25) is 0 Å². The maximum absolute atomic E-state index is 10.7. The summed E-state index contributed by atoms with van der Waals surface area (Å²) in [5, 5.41) is 10.7. The lowest BCUT2D eigenvalue weighted by Gasteiger charge is -2.41. The molecule has 1 aliphatic rings. The molecule has 20 heavy (non-hydrogen) atoms. The van der Waals surface area contributed by atoms with Crippen LogP contribution in [0.1, 0.15) is 45.1 Å². The number of rotatable bonds is 4. The summed E-state index contributed by atoms with van der Waals surface area (Å²) in [5.74, 6) is 0. The van der Waals surface area contributed by atoms with Crippen molar-refractivity contribution in [3.05, 3.63) is 34.3 Å². The highest BCUT2D eigenvalue weighted by molar-refractivity contribution is 9.10. The van der Waals surface area contributed by atoms with Gasteiger partial charge in [-0.05, 0) is 57.5 Å². The molecule has 1 heterocycles. The third-order valence-corrected chi connectivity index (χ3v) is 5.11. The Bertz CT molecular complexity index is 408. The molecule has 1 aromatic rings. The number of nitrogens with zero attached hydrogens (tertiary/aromatic N) is 1. The first-order valence-corrected chi connectivity index (χ1v) is 8.47. The Kier molecular flexibility index (Phi) is 5.65. The molecule has 0 aliphatic carbocycles. The van der Waals surface area contributed by atoms with Crippen molar-refractivity contribution in [2.45, 2.75) is 57.6 Å². The second-order valence-corrected chi connectivity index (χ2v) is 7.32. The number of likely N-dealkylation sites (tertiary alicyclic amines) is 1. The van der Waals surface area contributed by atoms with E-state index in [0.29, 0.717) is 0 Å². The van der Waals surface area contributed by atoms with Crippen LogP contribution in [0.5, 0.6) is 0 Å². The quantitative estimate of drug-likeness (QED) is 0.895. The lowest BCUT2D eigenvalue weighted by Crippen LogP contribution is -2.53. The van der Waals surface area contributed by atoms with Crippen molar-refractivity contribution in [1.29, 1.82) is 0 Å². The fourth-order valence-corrected chi connectivity index (χ4v) is 3.22. The van der Waals surface area contributed by atoms with Crippen LogP contribution in [0, 0.1) is 0 Å². The van der Waals surface area contributed by atoms with E-state index in [4.69, 9.17) is 0 Å². The van der Waals surface area contributed by atoms with E-state index < -0.39 is 0 Å². The second kappa shape index (κ2) is 7.06. The molecule has 0 spiro atoms. The first kappa shape index (κ1) is 16.0. The van der Waals surface area contributed by atoms with Gasteiger partial charge < -0.3 is 5.11 Å². The van der Waals surface area contributed by atoms with Gasteiger partial charge >= 0.3 is 0 Å². The van der Waals surface area contributed by atoms with Crippen LogP contribution in [-0.2, 0) is 6.42 Å². The van der Waals surface area contributed by atoms with Crippen molar-refractivity contribution in [2.24, 2.45) is 0 Å². The lowest BCUT2D eigenvalue weighted by molar-refractivity contribution is -0.00786. The molecule has 1 N–H and O–H groups in total. The first-order chi connectivity index (χ1) is 9.50. The molecule has 2 nitrogen and oxygen atoms in total. The van der Waals surface area contributed by atoms with Crippen molar-refractivity contribution >= 4 is 15.9 Å². The third kappa shape index (κ3) is 4.06. The Hall–Kier alpha value is -0.380. The van der Waals surface area contributed by atoms with Gasteiger partial charge in [-0.3, -0.25) is 4.90 Å². The van der Waals surface area contributed by atoms with Crippen LogP contribution in [-0.4, -0.2) is 34.7 Å². The Morgan fingerprint density at radius 3 is 2.20 bits per heavy atom. The third-order valence-electron chi connectivity index (χ3n) is 4.58. The van der Waals surface area contributed by atoms with Crippen molar-refractivity contribution in [2.75, 3.05) is 13.1 Å². The molecule has 0 saturated carbocycles. The Balaban J connectivity index is 2.01. The van der Waals surface area contributed by atoms with Crippen molar-refractivity contribution in [3.63, 3.8) is 0 Å². The van der Waals surface area contributed by atoms with Gasteiger partial charge in [0.15, 0.2) is 0 Å². The first-order valence-electron chi connectivity index (χ1n) is 7.68. The van der Waals surface area contributed by atoms with E-state index >= 15 is 0 Å². The number of hydrogen-bond donors (Lipinski definition) is 1. The highest BCUT2D eigenvalue weighted by Crippen LogP contribution is 2.25. The lowest BCUT2D eigenvalue weighted by atomic mass is 9.89. The fraction of sp³-hybridized carbons (Fsp3) is 0.647. The van der Waals surface area contributed by atoms with Gasteiger partial charge in [-0.15, -0.1) is 0 Å². The minimum atomic E-state index is -0.332. The molecule has 1 unspecified atom stereocenters. The van der Waals surface area contributed by atoms with Crippen LogP contribution >= 0.6 is 15.9 Å². The van der Waals surface area contributed by atoms with E-state index in [1.165, 1.54) is 31.2 Å². The summed E-state index contributed by atoms with van der Waals surface area (Å²) in [5.41, 5.74) is 1.04. The highest BCUT2D eigenvalue weighted by atomic mass is 79.9. The van der Waals surface area contributed by atoms with Gasteiger partial charge in [-0.2, -0.15) is 0 Å². The van der Waals surface area contributed by atoms with Crippen LogP contribution in [0.25, 0.3) is 0 Å². The molecule has 1 fully saturated rings. The number of aliphatic hydroxyl groups excluding tert-OH is 1. The topological polar surface area (TPSA) is 23.5 Å². The zero-order valence-corrected chi connectivity index (χ0v) is 14.2. The summed E-state index contributed by atoms with van der Waals surface area (Å²) in [4.78, 5) is 2.48. The maximum Gasteiger partial charge on any atom is 0.0758 e. The summed E-state index contributed by atoms with van der Waals surface area (Å²) < 4.78 is 1.09. The van der Waals surface area contributed by atoms with E-state index in [0.717, 1.165) is 24.0 Å². The molecule has 1 aliphatic heterocycles. The summed E-state index contributed by atoms with van der Waals surface area (Å²) >= 11 is 3.45. The van der Waals surface area contributed by atoms with Gasteiger partial charge in [-0.1, -0.05) is 40.9 Å². The molecule has 2 rings (SSSR count). The maximum atomic E-state index is 10.7. The SMILES string of the molecule is CC(C)(C(O)Cc1ccc(Br)cc1)N1CCCCCC1. The predicted octanol–water partition coefficient (Wildman–Crippen LogP) is 4.01. The molecule has 3 heteroatoms. The van der Waals surface area contributed by atoms with Crippen molar-refractivity contribution in [1.82, 2.24) is 4.90 Å².